The standard InChI is InChI=1S/C43H33N5O.Pt/c1-26-11-8-16-36-37-17-9-12-27(2)43(37)47(42(26)36)39-24-41(44-25-28(39)3)46-38-18-7-6-15-34(38)35-20-19-33(23-40(35)46)49-32-14-10-13-31(22-32)48-30(5)21-29(4)45-48;/h6-21,24-25H,1-5H3;/q-2;+2. The minimum absolute atomic E-state index is 0. The monoisotopic (exact) mass is 830 g/mol. The first kappa shape index (κ1) is 31.8. The topological polar surface area (TPSA) is 49.8 Å². The van der Waals surface area contributed by atoms with Gasteiger partial charge in [-0.1, -0.05) is 60.1 Å². The molecule has 0 aliphatic heterocycles. The van der Waals surface area contributed by atoms with Crippen LogP contribution in [-0.4, -0.2) is 23.9 Å². The first-order valence-corrected chi connectivity index (χ1v) is 16.5. The van der Waals surface area contributed by atoms with Crippen molar-refractivity contribution in [2.75, 3.05) is 0 Å². The van der Waals surface area contributed by atoms with Crippen LogP contribution in [0.4, 0.5) is 0 Å². The molecule has 0 bridgehead atoms. The number of para-hydroxylation sites is 3. The predicted molar refractivity (Wildman–Crippen MR) is 198 cm³/mol. The third-order valence-corrected chi connectivity index (χ3v) is 9.51. The molecule has 9 rings (SSSR count). The van der Waals surface area contributed by atoms with Crippen LogP contribution in [0.5, 0.6) is 11.5 Å². The van der Waals surface area contributed by atoms with E-state index in [0.29, 0.717) is 11.5 Å². The fourth-order valence-electron chi connectivity index (χ4n) is 7.35. The van der Waals surface area contributed by atoms with E-state index in [2.05, 4.69) is 126 Å². The normalized spacial score (nSPS) is 11.5. The van der Waals surface area contributed by atoms with Crippen molar-refractivity contribution < 1.29 is 25.8 Å². The summed E-state index contributed by atoms with van der Waals surface area (Å²) in [6.45, 7) is 10.6. The molecule has 4 aromatic heterocycles. The van der Waals surface area contributed by atoms with Gasteiger partial charge in [0.05, 0.1) is 22.4 Å². The molecule has 0 saturated heterocycles. The fourth-order valence-corrected chi connectivity index (χ4v) is 7.35. The summed E-state index contributed by atoms with van der Waals surface area (Å²) >= 11 is 0. The number of nitrogens with zero attached hydrogens (tertiary/aromatic N) is 5. The van der Waals surface area contributed by atoms with Crippen LogP contribution >= 0.6 is 0 Å². The number of hydrogen-bond acceptors (Lipinski definition) is 3. The molecule has 0 spiro atoms. The molecule has 0 N–H and O–H groups in total. The number of pyridine rings is 1. The van der Waals surface area contributed by atoms with E-state index in [1.165, 1.54) is 32.9 Å². The van der Waals surface area contributed by atoms with Crippen LogP contribution in [0.3, 0.4) is 0 Å². The summed E-state index contributed by atoms with van der Waals surface area (Å²) in [5.74, 6) is 2.01. The molecule has 7 heteroatoms. The van der Waals surface area contributed by atoms with Crippen molar-refractivity contribution >= 4 is 43.6 Å². The van der Waals surface area contributed by atoms with Crippen LogP contribution in [0, 0.1) is 46.8 Å². The maximum absolute atomic E-state index is 6.42. The molecular weight excluding hydrogens is 798 g/mol. The summed E-state index contributed by atoms with van der Waals surface area (Å²) < 4.78 is 12.9. The number of fused-ring (bicyclic) bond motifs is 6. The smallest absolute Gasteiger partial charge is 0.509 e. The zero-order chi connectivity index (χ0) is 33.4. The number of rotatable bonds is 5. The maximum atomic E-state index is 6.42. The van der Waals surface area contributed by atoms with Gasteiger partial charge in [-0.2, -0.15) is 17.2 Å². The third kappa shape index (κ3) is 4.97. The largest absolute Gasteiger partial charge is 2.00 e. The van der Waals surface area contributed by atoms with Gasteiger partial charge in [0.2, 0.25) is 0 Å². The molecule has 0 aliphatic carbocycles. The molecule has 0 atom stereocenters. The first-order valence-electron chi connectivity index (χ1n) is 16.5. The number of benzene rings is 5. The molecule has 50 heavy (non-hydrogen) atoms. The van der Waals surface area contributed by atoms with Crippen LogP contribution in [0.25, 0.3) is 60.8 Å². The summed E-state index contributed by atoms with van der Waals surface area (Å²) in [5, 5.41) is 9.34. The summed E-state index contributed by atoms with van der Waals surface area (Å²) in [6.07, 6.45) is 1.99. The molecule has 4 heterocycles. The van der Waals surface area contributed by atoms with Crippen LogP contribution < -0.4 is 4.74 Å². The van der Waals surface area contributed by atoms with Crippen molar-refractivity contribution in [3.05, 3.63) is 150 Å². The minimum atomic E-state index is 0. The van der Waals surface area contributed by atoms with Gasteiger partial charge < -0.3 is 13.9 Å². The van der Waals surface area contributed by atoms with Gasteiger partial charge in [-0.25, -0.2) is 4.98 Å². The summed E-state index contributed by atoms with van der Waals surface area (Å²) in [4.78, 5) is 5.04. The Labute approximate surface area is 304 Å². The Kier molecular flexibility index (Phi) is 7.73. The van der Waals surface area contributed by atoms with E-state index in [-0.39, 0.29) is 21.1 Å². The Balaban J connectivity index is 0.00000361. The molecule has 9 aromatic rings. The van der Waals surface area contributed by atoms with Crippen LogP contribution in [0.2, 0.25) is 0 Å². The van der Waals surface area contributed by atoms with E-state index in [1.54, 1.807) is 0 Å². The van der Waals surface area contributed by atoms with Gasteiger partial charge in [0.25, 0.3) is 0 Å². The molecule has 0 amide bonds. The van der Waals surface area contributed by atoms with Crippen molar-refractivity contribution in [2.24, 2.45) is 0 Å². The quantitative estimate of drug-likeness (QED) is 0.162. The molecule has 6 nitrogen and oxygen atoms in total. The predicted octanol–water partition coefficient (Wildman–Crippen LogP) is 10.4. The molecule has 0 radical (unpaired) electrons. The number of ether oxygens (including phenoxy) is 1. The molecule has 5 aromatic carbocycles. The first-order chi connectivity index (χ1) is 23.9. The van der Waals surface area contributed by atoms with Crippen LogP contribution in [0.15, 0.2) is 109 Å². The van der Waals surface area contributed by atoms with E-state index < -0.39 is 0 Å². The Morgan fingerprint density at radius 2 is 1.28 bits per heavy atom. The fraction of sp³-hybridized carbons (Fsp3) is 0.116. The van der Waals surface area contributed by atoms with Crippen molar-refractivity contribution in [1.29, 1.82) is 0 Å². The molecule has 0 fully saturated rings. The van der Waals surface area contributed by atoms with E-state index in [9.17, 15) is 0 Å². The zero-order valence-electron chi connectivity index (χ0n) is 28.4. The average Bonchev–Trinajstić information content (AvgIpc) is 3.74. The molecular formula is C43H33N5OPt. The van der Waals surface area contributed by atoms with Gasteiger partial charge in [0, 0.05) is 45.7 Å². The maximum Gasteiger partial charge on any atom is 2.00 e. The second-order valence-electron chi connectivity index (χ2n) is 12.9. The molecule has 0 saturated carbocycles. The van der Waals surface area contributed by atoms with Gasteiger partial charge in [-0.3, -0.25) is 4.68 Å². The van der Waals surface area contributed by atoms with Gasteiger partial charge in [0.1, 0.15) is 5.82 Å². The Hall–Kier alpha value is -5.45. The van der Waals surface area contributed by atoms with Gasteiger partial charge in [0.15, 0.2) is 0 Å². The second kappa shape index (κ2) is 12.2. The zero-order valence-corrected chi connectivity index (χ0v) is 30.6. The second-order valence-corrected chi connectivity index (χ2v) is 12.9. The van der Waals surface area contributed by atoms with E-state index in [4.69, 9.17) is 9.72 Å². The Bertz CT molecular complexity index is 2710. The Morgan fingerprint density at radius 1 is 0.600 bits per heavy atom. The van der Waals surface area contributed by atoms with Crippen LogP contribution in [0.1, 0.15) is 28.1 Å². The molecule has 246 valence electrons. The van der Waals surface area contributed by atoms with E-state index in [1.807, 2.05) is 49.0 Å². The van der Waals surface area contributed by atoms with Crippen molar-refractivity contribution in [3.63, 3.8) is 0 Å². The summed E-state index contributed by atoms with van der Waals surface area (Å²) in [5.41, 5.74) is 11.9. The van der Waals surface area contributed by atoms with E-state index in [0.717, 1.165) is 55.9 Å². The summed E-state index contributed by atoms with van der Waals surface area (Å²) in [7, 11) is 0. The summed E-state index contributed by atoms with van der Waals surface area (Å²) in [6, 6.07) is 42.8. The Morgan fingerprint density at radius 3 is 2.00 bits per heavy atom. The van der Waals surface area contributed by atoms with Gasteiger partial charge >= 0.3 is 21.1 Å². The van der Waals surface area contributed by atoms with E-state index >= 15 is 0 Å². The number of hydrogen-bond donors (Lipinski definition) is 0. The van der Waals surface area contributed by atoms with Crippen molar-refractivity contribution in [3.8, 4) is 28.7 Å². The molecule has 0 aliphatic rings. The van der Waals surface area contributed by atoms with Crippen molar-refractivity contribution in [1.82, 2.24) is 23.9 Å². The number of aromatic nitrogens is 5. The SMILES string of the molecule is Cc1cc(C)n(-c2[c-]c(Oc3[c-]c4c(cc3)c3ccccc3n4-c3cc(-n4c5c(C)cccc5c5cccc(C)c54)c(C)cn3)ccc2)n1.[Pt+2]. The minimum Gasteiger partial charge on any atom is -0.509 e. The van der Waals surface area contributed by atoms with Crippen LogP contribution in [-0.2, 0) is 21.1 Å². The van der Waals surface area contributed by atoms with Crippen molar-refractivity contribution in [2.45, 2.75) is 34.6 Å². The number of aryl methyl sites for hydroxylation is 5. The van der Waals surface area contributed by atoms with Gasteiger partial charge in [-0.05, 0) is 74.5 Å². The average molecular weight is 831 g/mol. The van der Waals surface area contributed by atoms with Gasteiger partial charge in [-0.15, -0.1) is 35.7 Å². The third-order valence-electron chi connectivity index (χ3n) is 9.51. The molecule has 0 unspecified atom stereocenters.